The topological polar surface area (TPSA) is 80.3 Å². The lowest BCUT2D eigenvalue weighted by molar-refractivity contribution is 0.305. The van der Waals surface area contributed by atoms with Crippen LogP contribution in [0.4, 0.5) is 17.1 Å². The van der Waals surface area contributed by atoms with E-state index in [1.807, 2.05) is 24.3 Å². The molecule has 0 bridgehead atoms. The first-order valence-corrected chi connectivity index (χ1v) is 9.59. The van der Waals surface area contributed by atoms with Crippen molar-refractivity contribution in [2.24, 2.45) is 0 Å². The number of hydrogen-bond acceptors (Lipinski definition) is 6. The first-order chi connectivity index (χ1) is 13.6. The largest absolute Gasteiger partial charge is 0.494 e. The SMILES string of the molecule is Cc1ccc(OCCCCCCNc2c(Nc3cccnc3)c(=O)c2=O)cc1. The summed E-state index contributed by atoms with van der Waals surface area (Å²) in [7, 11) is 0. The summed E-state index contributed by atoms with van der Waals surface area (Å²) in [5.74, 6) is 0.904. The Hall–Kier alpha value is -3.15. The van der Waals surface area contributed by atoms with Gasteiger partial charge in [0.15, 0.2) is 0 Å². The minimum Gasteiger partial charge on any atom is -0.494 e. The smallest absolute Gasteiger partial charge is 0.253 e. The molecule has 3 aromatic rings. The van der Waals surface area contributed by atoms with Crippen molar-refractivity contribution in [2.75, 3.05) is 23.8 Å². The minimum atomic E-state index is -0.486. The number of ether oxygens (including phenoxy) is 1. The molecule has 0 amide bonds. The van der Waals surface area contributed by atoms with Crippen molar-refractivity contribution in [3.63, 3.8) is 0 Å². The van der Waals surface area contributed by atoms with Crippen LogP contribution in [0.2, 0.25) is 0 Å². The fourth-order valence-electron chi connectivity index (χ4n) is 2.88. The molecule has 0 spiro atoms. The number of pyridine rings is 1. The van der Waals surface area contributed by atoms with E-state index in [1.165, 1.54) is 5.56 Å². The third-order valence-corrected chi connectivity index (χ3v) is 4.50. The van der Waals surface area contributed by atoms with Crippen molar-refractivity contribution in [2.45, 2.75) is 32.6 Å². The molecule has 0 atom stereocenters. The summed E-state index contributed by atoms with van der Waals surface area (Å²) in [6.07, 6.45) is 7.26. The zero-order valence-electron chi connectivity index (χ0n) is 16.0. The summed E-state index contributed by atoms with van der Waals surface area (Å²) in [6, 6.07) is 11.6. The van der Waals surface area contributed by atoms with E-state index >= 15 is 0 Å². The summed E-state index contributed by atoms with van der Waals surface area (Å²) < 4.78 is 5.71. The Labute approximate surface area is 164 Å². The molecule has 1 aromatic heterocycles. The number of aromatic nitrogens is 1. The average molecular weight is 379 g/mol. The van der Waals surface area contributed by atoms with Crippen LogP contribution in [0, 0.1) is 6.92 Å². The lowest BCUT2D eigenvalue weighted by Crippen LogP contribution is -2.36. The Morgan fingerprint density at radius 1 is 0.929 bits per heavy atom. The van der Waals surface area contributed by atoms with E-state index in [-0.39, 0.29) is 0 Å². The molecule has 146 valence electrons. The summed E-state index contributed by atoms with van der Waals surface area (Å²) in [5, 5.41) is 6.05. The molecule has 2 aromatic carbocycles. The lowest BCUT2D eigenvalue weighted by atomic mass is 10.1. The Morgan fingerprint density at radius 2 is 1.68 bits per heavy atom. The molecule has 28 heavy (non-hydrogen) atoms. The molecule has 0 saturated heterocycles. The van der Waals surface area contributed by atoms with Gasteiger partial charge in [0.05, 0.1) is 18.5 Å². The first-order valence-electron chi connectivity index (χ1n) is 9.59. The van der Waals surface area contributed by atoms with E-state index in [2.05, 4.69) is 22.5 Å². The van der Waals surface area contributed by atoms with Crippen LogP contribution >= 0.6 is 0 Å². The Kier molecular flexibility index (Phi) is 6.78. The number of aryl methyl sites for hydroxylation is 1. The molecule has 3 rings (SSSR count). The van der Waals surface area contributed by atoms with Crippen LogP contribution in [0.5, 0.6) is 5.75 Å². The van der Waals surface area contributed by atoms with Gasteiger partial charge in [-0.25, -0.2) is 0 Å². The highest BCUT2D eigenvalue weighted by molar-refractivity contribution is 5.78. The van der Waals surface area contributed by atoms with Gasteiger partial charge in [-0.1, -0.05) is 30.5 Å². The van der Waals surface area contributed by atoms with E-state index in [4.69, 9.17) is 4.74 Å². The fourth-order valence-corrected chi connectivity index (χ4v) is 2.88. The minimum absolute atomic E-state index is 0.324. The lowest BCUT2D eigenvalue weighted by Gasteiger charge is -2.14. The molecule has 0 radical (unpaired) electrons. The Bertz CT molecular complexity index is 946. The van der Waals surface area contributed by atoms with Gasteiger partial charge in [0.1, 0.15) is 17.1 Å². The maximum atomic E-state index is 11.8. The van der Waals surface area contributed by atoms with Gasteiger partial charge in [-0.2, -0.15) is 0 Å². The van der Waals surface area contributed by atoms with Crippen molar-refractivity contribution in [3.05, 3.63) is 74.8 Å². The van der Waals surface area contributed by atoms with Crippen LogP contribution in [0.1, 0.15) is 31.2 Å². The molecular formula is C22H25N3O3. The van der Waals surface area contributed by atoms with Gasteiger partial charge in [0.2, 0.25) is 0 Å². The second-order valence-electron chi connectivity index (χ2n) is 6.78. The van der Waals surface area contributed by atoms with Crippen LogP contribution in [-0.2, 0) is 0 Å². The molecule has 0 fully saturated rings. The van der Waals surface area contributed by atoms with Crippen LogP contribution in [0.25, 0.3) is 0 Å². The number of nitrogens with zero attached hydrogens (tertiary/aromatic N) is 1. The van der Waals surface area contributed by atoms with Crippen LogP contribution in [0.3, 0.4) is 0 Å². The maximum Gasteiger partial charge on any atom is 0.253 e. The van der Waals surface area contributed by atoms with Crippen LogP contribution in [-0.4, -0.2) is 18.1 Å². The fraction of sp³-hybridized carbons (Fsp3) is 0.318. The van der Waals surface area contributed by atoms with E-state index in [0.29, 0.717) is 30.2 Å². The summed E-state index contributed by atoms with van der Waals surface area (Å²) in [4.78, 5) is 27.5. The summed E-state index contributed by atoms with van der Waals surface area (Å²) in [6.45, 7) is 3.41. The van der Waals surface area contributed by atoms with Gasteiger partial charge in [-0.05, 0) is 44.0 Å². The highest BCUT2D eigenvalue weighted by atomic mass is 16.5. The number of nitrogens with one attached hydrogen (secondary N) is 2. The van der Waals surface area contributed by atoms with E-state index < -0.39 is 10.9 Å². The Morgan fingerprint density at radius 3 is 2.43 bits per heavy atom. The average Bonchev–Trinajstić information content (AvgIpc) is 2.73. The molecule has 0 aliphatic carbocycles. The second-order valence-corrected chi connectivity index (χ2v) is 6.78. The van der Waals surface area contributed by atoms with Crippen molar-refractivity contribution < 1.29 is 4.74 Å². The molecule has 0 aliphatic heterocycles. The van der Waals surface area contributed by atoms with Gasteiger partial charge in [0, 0.05) is 12.7 Å². The third-order valence-electron chi connectivity index (χ3n) is 4.50. The quantitative estimate of drug-likeness (QED) is 0.390. The molecule has 0 aliphatic rings. The number of benzene rings is 1. The summed E-state index contributed by atoms with van der Waals surface area (Å²) in [5.41, 5.74) is 1.66. The predicted octanol–water partition coefficient (Wildman–Crippen LogP) is 3.78. The molecule has 1 heterocycles. The highest BCUT2D eigenvalue weighted by Crippen LogP contribution is 2.20. The number of anilines is 3. The van der Waals surface area contributed by atoms with E-state index in [9.17, 15) is 9.59 Å². The van der Waals surface area contributed by atoms with Crippen LogP contribution in [0.15, 0.2) is 58.4 Å². The number of rotatable bonds is 11. The summed E-state index contributed by atoms with van der Waals surface area (Å²) >= 11 is 0. The van der Waals surface area contributed by atoms with Gasteiger partial charge in [-0.3, -0.25) is 14.6 Å². The van der Waals surface area contributed by atoms with Crippen molar-refractivity contribution in [1.82, 2.24) is 4.98 Å². The zero-order chi connectivity index (χ0) is 19.8. The van der Waals surface area contributed by atoms with Gasteiger partial charge in [-0.15, -0.1) is 0 Å². The molecule has 0 saturated carbocycles. The monoisotopic (exact) mass is 379 g/mol. The van der Waals surface area contributed by atoms with E-state index in [0.717, 1.165) is 31.4 Å². The number of unbranched alkanes of at least 4 members (excludes halogenated alkanes) is 3. The van der Waals surface area contributed by atoms with Crippen LogP contribution < -0.4 is 26.2 Å². The van der Waals surface area contributed by atoms with Gasteiger partial charge >= 0.3 is 0 Å². The van der Waals surface area contributed by atoms with Crippen molar-refractivity contribution >= 4 is 17.1 Å². The molecular weight excluding hydrogens is 354 g/mol. The van der Waals surface area contributed by atoms with E-state index in [1.54, 1.807) is 24.5 Å². The van der Waals surface area contributed by atoms with Gasteiger partial charge in [0.25, 0.3) is 10.9 Å². The highest BCUT2D eigenvalue weighted by Gasteiger charge is 2.20. The maximum absolute atomic E-state index is 11.8. The second kappa shape index (κ2) is 9.69. The van der Waals surface area contributed by atoms with Crippen molar-refractivity contribution in [3.8, 4) is 5.75 Å². The van der Waals surface area contributed by atoms with Gasteiger partial charge < -0.3 is 15.4 Å². The molecule has 6 heteroatoms. The first kappa shape index (κ1) is 19.6. The predicted molar refractivity (Wildman–Crippen MR) is 113 cm³/mol. The molecule has 2 N–H and O–H groups in total. The van der Waals surface area contributed by atoms with Crippen molar-refractivity contribution in [1.29, 1.82) is 0 Å². The Balaban J connectivity index is 1.32. The zero-order valence-corrected chi connectivity index (χ0v) is 16.0. The number of hydrogen-bond donors (Lipinski definition) is 2. The molecule has 0 unspecified atom stereocenters. The third kappa shape index (κ3) is 5.19. The standard InChI is InChI=1S/C22H25N3O3/c1-16-8-10-18(11-9-16)28-14-5-3-2-4-13-24-19-20(22(27)21(19)26)25-17-7-6-12-23-15-17/h6-12,15,24-25H,2-5,13-14H2,1H3. The normalized spacial score (nSPS) is 10.8. The molecule has 6 nitrogen and oxygen atoms in total.